The molecule has 1 aromatic rings. The monoisotopic (exact) mass is 267 g/mol. The van der Waals surface area contributed by atoms with E-state index in [1.807, 2.05) is 6.07 Å². The summed E-state index contributed by atoms with van der Waals surface area (Å²) in [6.45, 7) is 2.19. The van der Waals surface area contributed by atoms with Crippen LogP contribution in [0.25, 0.3) is 0 Å². The lowest BCUT2D eigenvalue weighted by Crippen LogP contribution is -2.58. The van der Waals surface area contributed by atoms with Crippen LogP contribution < -0.4 is 0 Å². The van der Waals surface area contributed by atoms with E-state index >= 15 is 0 Å². The summed E-state index contributed by atoms with van der Waals surface area (Å²) in [5.41, 5.74) is 1.08. The molecule has 0 aliphatic carbocycles. The van der Waals surface area contributed by atoms with Crippen LogP contribution in [0.2, 0.25) is 5.02 Å². The lowest BCUT2D eigenvalue weighted by atomic mass is 9.78. The largest absolute Gasteiger partial charge is 0.506 e. The summed E-state index contributed by atoms with van der Waals surface area (Å²) in [7, 11) is 0. The molecule has 3 aliphatic heterocycles. The fourth-order valence-corrected chi connectivity index (χ4v) is 3.49. The Kier molecular flexibility index (Phi) is 3.22. The molecule has 98 valence electrons. The molecule has 3 nitrogen and oxygen atoms in total. The van der Waals surface area contributed by atoms with Crippen molar-refractivity contribution in [3.63, 3.8) is 0 Å². The van der Waals surface area contributed by atoms with E-state index in [-0.39, 0.29) is 17.9 Å². The number of phenols is 1. The summed E-state index contributed by atoms with van der Waals surface area (Å²) < 4.78 is 0. The van der Waals surface area contributed by atoms with Gasteiger partial charge in [0.2, 0.25) is 0 Å². The van der Waals surface area contributed by atoms with Crippen molar-refractivity contribution < 1.29 is 10.2 Å². The van der Waals surface area contributed by atoms with Gasteiger partial charge in [-0.15, -0.1) is 0 Å². The zero-order valence-electron chi connectivity index (χ0n) is 10.2. The lowest BCUT2D eigenvalue weighted by Gasteiger charge is -2.49. The molecule has 3 fully saturated rings. The van der Waals surface area contributed by atoms with Gasteiger partial charge in [0.25, 0.3) is 0 Å². The van der Waals surface area contributed by atoms with E-state index in [2.05, 4.69) is 4.90 Å². The minimum atomic E-state index is -0.222. The van der Waals surface area contributed by atoms with Crippen LogP contribution in [0.4, 0.5) is 0 Å². The van der Waals surface area contributed by atoms with Crippen LogP contribution >= 0.6 is 11.6 Å². The highest BCUT2D eigenvalue weighted by molar-refractivity contribution is 6.32. The third kappa shape index (κ3) is 2.11. The van der Waals surface area contributed by atoms with Crippen LogP contribution in [0.3, 0.4) is 0 Å². The maximum Gasteiger partial charge on any atom is 0.134 e. The zero-order chi connectivity index (χ0) is 12.7. The predicted octanol–water partition coefficient (Wildman–Crippen LogP) is 2.04. The first-order chi connectivity index (χ1) is 8.65. The van der Waals surface area contributed by atoms with E-state index in [0.29, 0.717) is 10.9 Å². The quantitative estimate of drug-likeness (QED) is 0.862. The minimum absolute atomic E-state index is 0.117. The van der Waals surface area contributed by atoms with Crippen molar-refractivity contribution in [3.8, 4) is 5.75 Å². The number of rotatable bonds is 2. The first kappa shape index (κ1) is 12.3. The van der Waals surface area contributed by atoms with Gasteiger partial charge in [-0.1, -0.05) is 17.7 Å². The first-order valence-electron chi connectivity index (χ1n) is 6.54. The van der Waals surface area contributed by atoms with Crippen molar-refractivity contribution in [3.05, 3.63) is 28.8 Å². The molecule has 0 radical (unpaired) electrons. The predicted molar refractivity (Wildman–Crippen MR) is 70.9 cm³/mol. The van der Waals surface area contributed by atoms with Crippen molar-refractivity contribution in [1.29, 1.82) is 0 Å². The number of benzene rings is 1. The van der Waals surface area contributed by atoms with Gasteiger partial charge in [-0.2, -0.15) is 0 Å². The van der Waals surface area contributed by atoms with E-state index in [9.17, 15) is 10.2 Å². The van der Waals surface area contributed by atoms with E-state index in [0.717, 1.165) is 37.9 Å². The maximum absolute atomic E-state index is 10.3. The first-order valence-corrected chi connectivity index (χ1v) is 6.92. The molecule has 4 rings (SSSR count). The fraction of sp³-hybridized carbons (Fsp3) is 0.571. The SMILES string of the molecule is Oc1ccc(CC2C(O)C3CCN2CC3)cc1Cl. The van der Waals surface area contributed by atoms with E-state index in [1.165, 1.54) is 0 Å². The molecule has 0 aromatic heterocycles. The molecule has 3 heterocycles. The average molecular weight is 268 g/mol. The highest BCUT2D eigenvalue weighted by atomic mass is 35.5. The minimum Gasteiger partial charge on any atom is -0.506 e. The molecule has 2 N–H and O–H groups in total. The molecule has 18 heavy (non-hydrogen) atoms. The van der Waals surface area contributed by atoms with E-state index in [4.69, 9.17) is 11.6 Å². The normalized spacial score (nSPS) is 34.8. The van der Waals surface area contributed by atoms with Crippen LogP contribution in [-0.2, 0) is 6.42 Å². The topological polar surface area (TPSA) is 43.7 Å². The number of aliphatic hydroxyl groups is 1. The van der Waals surface area contributed by atoms with Gasteiger partial charge in [0.05, 0.1) is 11.1 Å². The molecule has 3 saturated heterocycles. The van der Waals surface area contributed by atoms with Crippen LogP contribution in [0.15, 0.2) is 18.2 Å². The Morgan fingerprint density at radius 3 is 2.61 bits per heavy atom. The van der Waals surface area contributed by atoms with Crippen LogP contribution in [-0.4, -0.2) is 40.3 Å². The summed E-state index contributed by atoms with van der Waals surface area (Å²) >= 11 is 5.92. The van der Waals surface area contributed by atoms with Crippen molar-refractivity contribution in [2.24, 2.45) is 5.92 Å². The summed E-state index contributed by atoms with van der Waals surface area (Å²) in [5, 5.41) is 20.1. The molecule has 2 unspecified atom stereocenters. The molecule has 2 atom stereocenters. The smallest absolute Gasteiger partial charge is 0.134 e. The second-order valence-corrected chi connectivity index (χ2v) is 5.83. The van der Waals surface area contributed by atoms with Crippen LogP contribution in [0.5, 0.6) is 5.75 Å². The Hall–Kier alpha value is -0.770. The van der Waals surface area contributed by atoms with Gasteiger partial charge < -0.3 is 10.2 Å². The Labute approximate surface area is 112 Å². The average Bonchev–Trinajstić information content (AvgIpc) is 2.38. The fourth-order valence-electron chi connectivity index (χ4n) is 3.29. The second-order valence-electron chi connectivity index (χ2n) is 5.42. The van der Waals surface area contributed by atoms with Crippen molar-refractivity contribution >= 4 is 11.6 Å². The zero-order valence-corrected chi connectivity index (χ0v) is 11.0. The van der Waals surface area contributed by atoms with Gasteiger partial charge in [-0.3, -0.25) is 4.90 Å². The van der Waals surface area contributed by atoms with E-state index < -0.39 is 0 Å². The van der Waals surface area contributed by atoms with Gasteiger partial charge in [0.1, 0.15) is 5.75 Å². The van der Waals surface area contributed by atoms with E-state index in [1.54, 1.807) is 12.1 Å². The number of halogens is 1. The number of aliphatic hydroxyl groups excluding tert-OH is 1. The number of fused-ring (bicyclic) bond motifs is 3. The third-order valence-corrected chi connectivity index (χ3v) is 4.68. The Morgan fingerprint density at radius 1 is 1.28 bits per heavy atom. The number of hydrogen-bond donors (Lipinski definition) is 2. The molecule has 1 aromatic carbocycles. The Bertz CT molecular complexity index is 441. The summed E-state index contributed by atoms with van der Waals surface area (Å²) in [6, 6.07) is 5.52. The number of piperidine rings is 3. The summed E-state index contributed by atoms with van der Waals surface area (Å²) in [4.78, 5) is 2.38. The van der Waals surface area contributed by atoms with Crippen LogP contribution in [0.1, 0.15) is 18.4 Å². The van der Waals surface area contributed by atoms with Gasteiger partial charge >= 0.3 is 0 Å². The second kappa shape index (κ2) is 4.72. The summed E-state index contributed by atoms with van der Waals surface area (Å²) in [5.74, 6) is 0.582. The van der Waals surface area contributed by atoms with Gasteiger partial charge in [0, 0.05) is 6.04 Å². The van der Waals surface area contributed by atoms with Crippen molar-refractivity contribution in [2.75, 3.05) is 13.1 Å². The molecular weight excluding hydrogens is 250 g/mol. The molecule has 0 saturated carbocycles. The Balaban J connectivity index is 1.77. The lowest BCUT2D eigenvalue weighted by molar-refractivity contribution is -0.0715. The number of aromatic hydroxyl groups is 1. The number of nitrogens with zero attached hydrogens (tertiary/aromatic N) is 1. The number of hydrogen-bond acceptors (Lipinski definition) is 3. The molecule has 0 amide bonds. The molecule has 0 spiro atoms. The maximum atomic E-state index is 10.3. The molecule has 3 aliphatic rings. The third-order valence-electron chi connectivity index (χ3n) is 4.38. The Morgan fingerprint density at radius 2 is 2.00 bits per heavy atom. The molecular formula is C14H18ClNO2. The molecule has 2 bridgehead atoms. The van der Waals surface area contributed by atoms with Gasteiger partial charge in [-0.25, -0.2) is 0 Å². The highest BCUT2D eigenvalue weighted by Crippen LogP contribution is 2.34. The van der Waals surface area contributed by atoms with Crippen LogP contribution in [0, 0.1) is 5.92 Å². The van der Waals surface area contributed by atoms with Gasteiger partial charge in [0.15, 0.2) is 0 Å². The highest BCUT2D eigenvalue weighted by Gasteiger charge is 2.40. The molecule has 4 heteroatoms. The standard InChI is InChI=1S/C14H18ClNO2/c15-11-7-9(1-2-13(11)17)8-12-14(18)10-3-5-16(12)6-4-10/h1-2,7,10,12,14,17-18H,3-6,8H2. The van der Waals surface area contributed by atoms with Crippen molar-refractivity contribution in [2.45, 2.75) is 31.4 Å². The summed E-state index contributed by atoms with van der Waals surface area (Å²) in [6.07, 6.45) is 2.82. The van der Waals surface area contributed by atoms with Gasteiger partial charge in [-0.05, 0) is 56.0 Å². The number of phenolic OH excluding ortho intramolecular Hbond substituents is 1. The van der Waals surface area contributed by atoms with Crippen molar-refractivity contribution in [1.82, 2.24) is 4.90 Å².